The van der Waals surface area contributed by atoms with E-state index in [-0.39, 0.29) is 5.97 Å². The van der Waals surface area contributed by atoms with Gasteiger partial charge >= 0.3 is 5.97 Å². The minimum Gasteiger partial charge on any atom is -0.465 e. The predicted molar refractivity (Wildman–Crippen MR) is 102 cm³/mol. The molecular formula is C21H17N3O2. The van der Waals surface area contributed by atoms with E-state index in [0.29, 0.717) is 5.56 Å². The average molecular weight is 343 g/mol. The molecule has 0 aliphatic carbocycles. The van der Waals surface area contributed by atoms with Crippen molar-refractivity contribution in [1.82, 2.24) is 9.38 Å². The number of anilines is 2. The van der Waals surface area contributed by atoms with Crippen molar-refractivity contribution in [1.29, 1.82) is 0 Å². The van der Waals surface area contributed by atoms with Crippen LogP contribution in [0.1, 0.15) is 10.4 Å². The second-order valence-corrected chi connectivity index (χ2v) is 5.80. The molecule has 4 rings (SSSR count). The normalized spacial score (nSPS) is 10.7. The molecule has 0 aliphatic rings. The molecule has 0 saturated heterocycles. The number of nitrogens with one attached hydrogen (secondary N) is 1. The lowest BCUT2D eigenvalue weighted by molar-refractivity contribution is 0.0600. The number of esters is 1. The van der Waals surface area contributed by atoms with E-state index in [0.717, 1.165) is 28.4 Å². The standard InChI is InChI=1S/C21H17N3O2/c1-26-21(25)16-12-13-18-23-19(15-8-4-2-5-9-15)20(24(18)14-16)22-17-10-6-3-7-11-17/h2-14,22H,1H3. The van der Waals surface area contributed by atoms with Crippen LogP contribution < -0.4 is 5.32 Å². The zero-order valence-electron chi connectivity index (χ0n) is 14.2. The van der Waals surface area contributed by atoms with Gasteiger partial charge in [-0.1, -0.05) is 48.5 Å². The number of imidazole rings is 1. The number of fused-ring (bicyclic) bond motifs is 1. The highest BCUT2D eigenvalue weighted by atomic mass is 16.5. The van der Waals surface area contributed by atoms with E-state index in [2.05, 4.69) is 5.32 Å². The van der Waals surface area contributed by atoms with Gasteiger partial charge in [-0.2, -0.15) is 0 Å². The molecule has 0 amide bonds. The molecule has 5 nitrogen and oxygen atoms in total. The van der Waals surface area contributed by atoms with Crippen LogP contribution in [-0.4, -0.2) is 22.5 Å². The van der Waals surface area contributed by atoms with E-state index in [1.165, 1.54) is 7.11 Å². The summed E-state index contributed by atoms with van der Waals surface area (Å²) in [6.07, 6.45) is 1.74. The molecule has 0 spiro atoms. The Morgan fingerprint density at radius 3 is 2.35 bits per heavy atom. The van der Waals surface area contributed by atoms with E-state index < -0.39 is 0 Å². The Kier molecular flexibility index (Phi) is 4.11. The minimum absolute atomic E-state index is 0.382. The summed E-state index contributed by atoms with van der Waals surface area (Å²) in [5.74, 6) is 0.413. The monoisotopic (exact) mass is 343 g/mol. The molecule has 26 heavy (non-hydrogen) atoms. The number of carbonyl (C=O) groups excluding carboxylic acids is 1. The molecule has 0 bridgehead atoms. The van der Waals surface area contributed by atoms with Crippen LogP contribution in [0, 0.1) is 0 Å². The summed E-state index contributed by atoms with van der Waals surface area (Å²) in [5.41, 5.74) is 3.96. The quantitative estimate of drug-likeness (QED) is 0.553. The van der Waals surface area contributed by atoms with Gasteiger partial charge in [0.25, 0.3) is 0 Å². The number of carbonyl (C=O) groups is 1. The van der Waals surface area contributed by atoms with Crippen LogP contribution in [0.25, 0.3) is 16.9 Å². The average Bonchev–Trinajstić information content (AvgIpc) is 3.06. The van der Waals surface area contributed by atoms with Gasteiger partial charge in [0.05, 0.1) is 12.7 Å². The summed E-state index contributed by atoms with van der Waals surface area (Å²) in [5, 5.41) is 3.43. The van der Waals surface area contributed by atoms with E-state index in [9.17, 15) is 4.79 Å². The second kappa shape index (κ2) is 6.72. The molecule has 0 fully saturated rings. The fourth-order valence-electron chi connectivity index (χ4n) is 2.86. The smallest absolute Gasteiger partial charge is 0.339 e. The Bertz CT molecular complexity index is 1060. The first-order valence-corrected chi connectivity index (χ1v) is 8.24. The number of rotatable bonds is 4. The Labute approximate surface area is 150 Å². The number of hydrogen-bond acceptors (Lipinski definition) is 4. The maximum absolute atomic E-state index is 11.9. The summed E-state index contributed by atoms with van der Waals surface area (Å²) in [6, 6.07) is 23.4. The molecule has 2 aromatic heterocycles. The number of nitrogens with zero attached hydrogens (tertiary/aromatic N) is 2. The van der Waals surface area contributed by atoms with Gasteiger partial charge in [-0.15, -0.1) is 0 Å². The Morgan fingerprint density at radius 2 is 1.65 bits per heavy atom. The van der Waals surface area contributed by atoms with E-state index in [1.54, 1.807) is 12.3 Å². The molecule has 4 aromatic rings. The summed E-state index contributed by atoms with van der Waals surface area (Å²) in [4.78, 5) is 16.7. The third-order valence-electron chi connectivity index (χ3n) is 4.12. The number of methoxy groups -OCH3 is 1. The van der Waals surface area contributed by atoms with E-state index in [1.807, 2.05) is 71.1 Å². The number of para-hydroxylation sites is 1. The lowest BCUT2D eigenvalue weighted by atomic mass is 10.1. The van der Waals surface area contributed by atoms with Crippen molar-refractivity contribution in [3.8, 4) is 11.3 Å². The van der Waals surface area contributed by atoms with Gasteiger partial charge in [0, 0.05) is 17.4 Å². The van der Waals surface area contributed by atoms with Crippen molar-refractivity contribution in [2.45, 2.75) is 0 Å². The van der Waals surface area contributed by atoms with Crippen molar-refractivity contribution >= 4 is 23.1 Å². The number of aromatic nitrogens is 2. The van der Waals surface area contributed by atoms with Crippen molar-refractivity contribution in [3.63, 3.8) is 0 Å². The zero-order valence-corrected chi connectivity index (χ0v) is 14.2. The maximum atomic E-state index is 11.9. The van der Waals surface area contributed by atoms with Crippen LogP contribution in [0.4, 0.5) is 11.5 Å². The molecule has 2 aromatic carbocycles. The molecule has 0 saturated carbocycles. The molecule has 128 valence electrons. The Balaban J connectivity index is 1.92. The van der Waals surface area contributed by atoms with E-state index in [4.69, 9.17) is 9.72 Å². The second-order valence-electron chi connectivity index (χ2n) is 5.80. The number of hydrogen-bond donors (Lipinski definition) is 1. The maximum Gasteiger partial charge on any atom is 0.339 e. The van der Waals surface area contributed by atoms with Gasteiger partial charge in [0.2, 0.25) is 0 Å². The SMILES string of the molecule is COC(=O)c1ccc2nc(-c3ccccc3)c(Nc3ccccc3)n2c1. The van der Waals surface area contributed by atoms with Gasteiger partial charge < -0.3 is 10.1 Å². The van der Waals surface area contributed by atoms with Crippen LogP contribution in [0.5, 0.6) is 0 Å². The Morgan fingerprint density at radius 1 is 0.962 bits per heavy atom. The third-order valence-corrected chi connectivity index (χ3v) is 4.12. The first kappa shape index (κ1) is 15.9. The first-order valence-electron chi connectivity index (χ1n) is 8.24. The van der Waals surface area contributed by atoms with Crippen LogP contribution in [-0.2, 0) is 4.74 Å². The molecule has 2 heterocycles. The van der Waals surface area contributed by atoms with Crippen molar-refractivity contribution in [2.75, 3.05) is 12.4 Å². The number of benzene rings is 2. The van der Waals surface area contributed by atoms with Crippen molar-refractivity contribution in [3.05, 3.63) is 84.6 Å². The van der Waals surface area contributed by atoms with Gasteiger partial charge in [-0.25, -0.2) is 9.78 Å². The Hall–Kier alpha value is -3.60. The molecule has 0 aliphatic heterocycles. The van der Waals surface area contributed by atoms with Gasteiger partial charge in [-0.3, -0.25) is 4.40 Å². The van der Waals surface area contributed by atoms with Gasteiger partial charge in [0.15, 0.2) is 0 Å². The minimum atomic E-state index is -0.382. The highest BCUT2D eigenvalue weighted by Crippen LogP contribution is 2.31. The summed E-state index contributed by atoms with van der Waals surface area (Å²) >= 11 is 0. The molecule has 0 atom stereocenters. The molecule has 0 radical (unpaired) electrons. The fourth-order valence-corrected chi connectivity index (χ4v) is 2.86. The highest BCUT2D eigenvalue weighted by molar-refractivity contribution is 5.90. The first-order chi connectivity index (χ1) is 12.8. The molecular weight excluding hydrogens is 326 g/mol. The topological polar surface area (TPSA) is 55.6 Å². The number of ether oxygens (including phenoxy) is 1. The van der Waals surface area contributed by atoms with E-state index >= 15 is 0 Å². The summed E-state index contributed by atoms with van der Waals surface area (Å²) in [7, 11) is 1.37. The lowest BCUT2D eigenvalue weighted by Crippen LogP contribution is -2.04. The third kappa shape index (κ3) is 2.91. The van der Waals surface area contributed by atoms with Gasteiger partial charge in [-0.05, 0) is 24.3 Å². The predicted octanol–water partition coefficient (Wildman–Crippen LogP) is 4.53. The van der Waals surface area contributed by atoms with Crippen LogP contribution in [0.3, 0.4) is 0 Å². The highest BCUT2D eigenvalue weighted by Gasteiger charge is 2.16. The van der Waals surface area contributed by atoms with Crippen LogP contribution in [0.15, 0.2) is 79.0 Å². The zero-order chi connectivity index (χ0) is 17.9. The van der Waals surface area contributed by atoms with Crippen molar-refractivity contribution < 1.29 is 9.53 Å². The van der Waals surface area contributed by atoms with Crippen LogP contribution >= 0.6 is 0 Å². The van der Waals surface area contributed by atoms with Crippen LogP contribution in [0.2, 0.25) is 0 Å². The number of pyridine rings is 1. The van der Waals surface area contributed by atoms with Gasteiger partial charge in [0.1, 0.15) is 17.2 Å². The fraction of sp³-hybridized carbons (Fsp3) is 0.0476. The molecule has 1 N–H and O–H groups in total. The molecule has 0 unspecified atom stereocenters. The summed E-state index contributed by atoms with van der Waals surface area (Å²) in [6.45, 7) is 0. The molecule has 5 heteroatoms. The summed E-state index contributed by atoms with van der Waals surface area (Å²) < 4.78 is 6.72. The largest absolute Gasteiger partial charge is 0.465 e. The lowest BCUT2D eigenvalue weighted by Gasteiger charge is -2.09. The van der Waals surface area contributed by atoms with Crippen molar-refractivity contribution in [2.24, 2.45) is 0 Å².